The smallest absolute Gasteiger partial charge is 0.296 e. The molecule has 2 aromatic heterocycles. The van der Waals surface area contributed by atoms with Crippen LogP contribution >= 0.6 is 34.7 Å². The molecular weight excluding hydrogens is 614 g/mol. The minimum absolute atomic E-state index is 0.0945. The van der Waals surface area contributed by atoms with Crippen LogP contribution in [0.2, 0.25) is 5.02 Å². The molecule has 218 valence electrons. The summed E-state index contributed by atoms with van der Waals surface area (Å²) in [5, 5.41) is 31.3. The van der Waals surface area contributed by atoms with Gasteiger partial charge in [-0.3, -0.25) is 14.5 Å². The normalized spacial score (nSPS) is 15.0. The molecule has 0 bridgehead atoms. The van der Waals surface area contributed by atoms with Crippen molar-refractivity contribution >= 4 is 62.5 Å². The first kappa shape index (κ1) is 28.6. The molecule has 10 nitrogen and oxygen atoms in total. The van der Waals surface area contributed by atoms with E-state index in [0.29, 0.717) is 37.4 Å². The number of carbonyl (C=O) groups excluding carboxylic acids is 2. The second kappa shape index (κ2) is 11.6. The lowest BCUT2D eigenvalue weighted by molar-refractivity contribution is -0.117. The van der Waals surface area contributed by atoms with Crippen LogP contribution in [0.1, 0.15) is 27.7 Å². The number of aromatic nitrogens is 2. The van der Waals surface area contributed by atoms with Crippen LogP contribution in [0, 0.1) is 0 Å². The van der Waals surface area contributed by atoms with E-state index >= 15 is 0 Å². The molecule has 13 heteroatoms. The zero-order chi connectivity index (χ0) is 30.2. The lowest BCUT2D eigenvalue weighted by atomic mass is 9.95. The first-order valence-corrected chi connectivity index (χ1v) is 14.9. The summed E-state index contributed by atoms with van der Waals surface area (Å²) in [6.07, 6.45) is 0. The number of hydrogen-bond acceptors (Lipinski definition) is 11. The number of carbonyl (C=O) groups is 2. The number of nitrogens with zero attached hydrogens (tertiary/aromatic N) is 3. The number of ketones is 1. The number of benzene rings is 3. The number of aliphatic hydroxyl groups excluding tert-OH is 1. The van der Waals surface area contributed by atoms with Crippen molar-refractivity contribution in [3.05, 3.63) is 100.0 Å². The summed E-state index contributed by atoms with van der Waals surface area (Å²) in [6.45, 7) is 0. The maximum Gasteiger partial charge on any atom is 0.296 e. The number of phenols is 1. The quantitative estimate of drug-likeness (QED) is 0.102. The van der Waals surface area contributed by atoms with Crippen LogP contribution in [0.3, 0.4) is 0 Å². The van der Waals surface area contributed by atoms with Crippen LogP contribution < -0.4 is 14.4 Å². The number of para-hydroxylation sites is 1. The minimum Gasteiger partial charge on any atom is -0.504 e. The fourth-order valence-electron chi connectivity index (χ4n) is 4.74. The lowest BCUT2D eigenvalue weighted by Crippen LogP contribution is -2.31. The summed E-state index contributed by atoms with van der Waals surface area (Å²) < 4.78 is 17.1. The van der Waals surface area contributed by atoms with Crippen molar-refractivity contribution < 1.29 is 33.7 Å². The fraction of sp³-hybridized carbons (Fsp3) is 0.133. The van der Waals surface area contributed by atoms with Crippen LogP contribution in [0.25, 0.3) is 11.0 Å². The van der Waals surface area contributed by atoms with Crippen molar-refractivity contribution in [2.75, 3.05) is 19.1 Å². The number of phenolic OH excluding ortho intramolecular Hbond substituents is 1. The summed E-state index contributed by atoms with van der Waals surface area (Å²) in [5.41, 5.74) is 1.53. The molecule has 1 atom stereocenters. The Labute approximate surface area is 258 Å². The highest BCUT2D eigenvalue weighted by Gasteiger charge is 2.47. The van der Waals surface area contributed by atoms with Crippen LogP contribution in [-0.2, 0) is 10.5 Å². The van der Waals surface area contributed by atoms with Gasteiger partial charge in [0.2, 0.25) is 10.9 Å². The summed E-state index contributed by atoms with van der Waals surface area (Å²) in [7, 11) is 2.87. The SMILES string of the molecule is COc1cc(C2C(C(=O)c3cc4cccc(OC)c4o3)=C(O)C(=O)N2c2nnc(SCc3ccc(Cl)cc3)s2)ccc1O. The van der Waals surface area contributed by atoms with Gasteiger partial charge < -0.3 is 24.1 Å². The molecule has 5 aromatic rings. The van der Waals surface area contributed by atoms with E-state index in [9.17, 15) is 19.8 Å². The van der Waals surface area contributed by atoms with Gasteiger partial charge in [-0.25, -0.2) is 0 Å². The van der Waals surface area contributed by atoms with Crippen molar-refractivity contribution in [1.82, 2.24) is 10.2 Å². The van der Waals surface area contributed by atoms with Gasteiger partial charge in [0.05, 0.1) is 25.8 Å². The number of fused-ring (bicyclic) bond motifs is 1. The summed E-state index contributed by atoms with van der Waals surface area (Å²) in [4.78, 5) is 28.8. The largest absolute Gasteiger partial charge is 0.504 e. The summed E-state index contributed by atoms with van der Waals surface area (Å²) in [5.74, 6) is -1.39. The topological polar surface area (TPSA) is 135 Å². The van der Waals surface area contributed by atoms with E-state index < -0.39 is 23.5 Å². The maximum atomic E-state index is 14.0. The predicted octanol–water partition coefficient (Wildman–Crippen LogP) is 6.74. The molecule has 1 amide bonds. The standard InChI is InChI=1S/C30H22ClN3O7S2/c1-39-20-5-3-4-17-13-22(41-27(17)20)25(36)23-24(16-8-11-19(35)21(12-16)40-2)34(28(38)26(23)37)29-32-33-30(43-29)42-14-15-6-9-18(31)10-7-15/h3-13,24,35,37H,14H2,1-2H3. The molecule has 6 rings (SSSR count). The van der Waals surface area contributed by atoms with Gasteiger partial charge >= 0.3 is 0 Å². The van der Waals surface area contributed by atoms with Gasteiger partial charge in [-0.2, -0.15) is 0 Å². The van der Waals surface area contributed by atoms with E-state index in [2.05, 4.69) is 10.2 Å². The number of methoxy groups -OCH3 is 2. The number of aliphatic hydroxyl groups is 1. The van der Waals surface area contributed by atoms with Crippen molar-refractivity contribution in [3.63, 3.8) is 0 Å². The number of hydrogen-bond donors (Lipinski definition) is 2. The molecule has 1 aliphatic rings. The van der Waals surface area contributed by atoms with Crippen molar-refractivity contribution in [1.29, 1.82) is 0 Å². The molecular formula is C30H22ClN3O7S2. The Hall–Kier alpha value is -4.52. The summed E-state index contributed by atoms with van der Waals surface area (Å²) in [6, 6.07) is 17.4. The number of rotatable bonds is 9. The van der Waals surface area contributed by atoms with Gasteiger partial charge in [0.15, 0.2) is 38.7 Å². The highest BCUT2D eigenvalue weighted by atomic mass is 35.5. The highest BCUT2D eigenvalue weighted by molar-refractivity contribution is 8.00. The van der Waals surface area contributed by atoms with E-state index in [1.165, 1.54) is 55.1 Å². The lowest BCUT2D eigenvalue weighted by Gasteiger charge is -2.24. The Morgan fingerprint density at radius 3 is 2.56 bits per heavy atom. The first-order valence-electron chi connectivity index (χ1n) is 12.7. The predicted molar refractivity (Wildman–Crippen MR) is 163 cm³/mol. The molecule has 0 fully saturated rings. The minimum atomic E-state index is -1.13. The number of Topliss-reactive ketones (excluding diaryl/α,β-unsaturated/α-hetero) is 1. The number of anilines is 1. The Kier molecular flexibility index (Phi) is 7.74. The summed E-state index contributed by atoms with van der Waals surface area (Å²) >= 11 is 8.54. The van der Waals surface area contributed by atoms with E-state index in [0.717, 1.165) is 16.9 Å². The van der Waals surface area contributed by atoms with Gasteiger partial charge in [0.25, 0.3) is 5.91 Å². The van der Waals surface area contributed by atoms with Crippen molar-refractivity contribution in [2.24, 2.45) is 0 Å². The van der Waals surface area contributed by atoms with Crippen LogP contribution in [0.4, 0.5) is 5.13 Å². The zero-order valence-electron chi connectivity index (χ0n) is 22.6. The van der Waals surface area contributed by atoms with Crippen LogP contribution in [0.5, 0.6) is 17.2 Å². The maximum absolute atomic E-state index is 14.0. The van der Waals surface area contributed by atoms with E-state index in [1.807, 2.05) is 12.1 Å². The van der Waals surface area contributed by atoms with Crippen molar-refractivity contribution in [3.8, 4) is 17.2 Å². The number of furan rings is 1. The van der Waals surface area contributed by atoms with Crippen molar-refractivity contribution in [2.45, 2.75) is 16.1 Å². The molecule has 3 aromatic carbocycles. The van der Waals surface area contributed by atoms with E-state index in [1.54, 1.807) is 30.3 Å². The molecule has 0 saturated heterocycles. The second-order valence-electron chi connectivity index (χ2n) is 9.36. The number of halogens is 1. The molecule has 0 radical (unpaired) electrons. The van der Waals surface area contributed by atoms with E-state index in [4.69, 9.17) is 25.5 Å². The fourth-order valence-corrected chi connectivity index (χ4v) is 6.69. The third kappa shape index (κ3) is 5.29. The van der Waals surface area contributed by atoms with Crippen LogP contribution in [-0.4, -0.2) is 46.3 Å². The monoisotopic (exact) mass is 635 g/mol. The van der Waals surface area contributed by atoms with Gasteiger partial charge in [-0.15, -0.1) is 10.2 Å². The molecule has 0 aliphatic carbocycles. The Morgan fingerprint density at radius 1 is 1.05 bits per heavy atom. The number of ether oxygens (including phenoxy) is 2. The van der Waals surface area contributed by atoms with E-state index in [-0.39, 0.29) is 28.0 Å². The average Bonchev–Trinajstić information content (AvgIpc) is 3.73. The zero-order valence-corrected chi connectivity index (χ0v) is 25.0. The Morgan fingerprint density at radius 2 is 1.81 bits per heavy atom. The van der Waals surface area contributed by atoms with Gasteiger partial charge in [-0.1, -0.05) is 65.0 Å². The molecule has 1 aliphatic heterocycles. The molecule has 0 spiro atoms. The second-order valence-corrected chi connectivity index (χ2v) is 12.0. The number of amides is 1. The molecule has 1 unspecified atom stereocenters. The molecule has 3 heterocycles. The number of aromatic hydroxyl groups is 1. The van der Waals surface area contributed by atoms with Gasteiger partial charge in [-0.05, 0) is 47.5 Å². The first-order chi connectivity index (χ1) is 20.8. The average molecular weight is 636 g/mol. The molecule has 43 heavy (non-hydrogen) atoms. The van der Waals surface area contributed by atoms with Gasteiger partial charge in [0.1, 0.15) is 0 Å². The Balaban J connectivity index is 1.39. The Bertz CT molecular complexity index is 1900. The third-order valence-corrected chi connectivity index (χ3v) is 9.18. The molecule has 2 N–H and O–H groups in total. The third-order valence-electron chi connectivity index (χ3n) is 6.80. The highest BCUT2D eigenvalue weighted by Crippen LogP contribution is 2.46. The van der Waals surface area contributed by atoms with Gasteiger partial charge in [0, 0.05) is 16.2 Å². The number of thioether (sulfide) groups is 1. The molecule has 0 saturated carbocycles. The van der Waals surface area contributed by atoms with Crippen LogP contribution in [0.15, 0.2) is 86.8 Å².